The molecule has 1 aromatic heterocycles. The van der Waals surface area contributed by atoms with E-state index < -0.39 is 4.84 Å². The smallest absolute Gasteiger partial charge is 0.203 e. The van der Waals surface area contributed by atoms with Gasteiger partial charge in [0.05, 0.1) is 39.0 Å². The Morgan fingerprint density at radius 1 is 0.865 bits per heavy atom. The average Bonchev–Trinajstić information content (AvgIpc) is 3.34. The summed E-state index contributed by atoms with van der Waals surface area (Å²) >= 11 is 12.1. The van der Waals surface area contributed by atoms with Crippen molar-refractivity contribution in [2.24, 2.45) is 0 Å². The molecule has 0 aliphatic heterocycles. The molecule has 0 radical (unpaired) electrons. The fraction of sp³-hybridized carbons (Fsp3) is 0.276. The first-order valence-corrected chi connectivity index (χ1v) is 12.9. The van der Waals surface area contributed by atoms with Crippen LogP contribution in [-0.2, 0) is 6.54 Å². The predicted octanol–water partition coefficient (Wildman–Crippen LogP) is 6.92. The van der Waals surface area contributed by atoms with Gasteiger partial charge < -0.3 is 23.7 Å². The molecule has 0 atom stereocenters. The largest absolute Gasteiger partial charge is 0.493 e. The molecule has 37 heavy (non-hydrogen) atoms. The van der Waals surface area contributed by atoms with E-state index >= 15 is 0 Å². The molecule has 0 saturated carbocycles. The standard InChI is InChI=1S/C29H31Cl2N3O3/c1-5-33(18-26(30)31)23-13-11-21(12-14-23)28-27(32-19-34(28)17-20-9-7-6-8-10-20)22-15-24(35-2)29(37-4)25(16-22)36-3/h6-16,19,26H,5,17-18H2,1-4H3. The van der Waals surface area contributed by atoms with Gasteiger partial charge in [0, 0.05) is 36.4 Å². The molecule has 4 aromatic rings. The van der Waals surface area contributed by atoms with Gasteiger partial charge in [0.1, 0.15) is 4.84 Å². The molecule has 194 valence electrons. The first-order valence-electron chi connectivity index (χ1n) is 12.0. The van der Waals surface area contributed by atoms with Gasteiger partial charge in [0.2, 0.25) is 5.75 Å². The lowest BCUT2D eigenvalue weighted by molar-refractivity contribution is 0.324. The summed E-state index contributed by atoms with van der Waals surface area (Å²) in [6, 6.07) is 22.6. The first-order chi connectivity index (χ1) is 18.0. The Balaban J connectivity index is 1.83. The van der Waals surface area contributed by atoms with Crippen LogP contribution in [0.2, 0.25) is 0 Å². The molecular formula is C29H31Cl2N3O3. The first kappa shape index (κ1) is 26.7. The van der Waals surface area contributed by atoms with Gasteiger partial charge in [0.25, 0.3) is 0 Å². The topological polar surface area (TPSA) is 48.8 Å². The molecular weight excluding hydrogens is 509 g/mol. The molecule has 1 heterocycles. The van der Waals surface area contributed by atoms with Crippen LogP contribution in [0.4, 0.5) is 5.69 Å². The van der Waals surface area contributed by atoms with Crippen LogP contribution in [0.3, 0.4) is 0 Å². The second-order valence-electron chi connectivity index (χ2n) is 8.45. The highest BCUT2D eigenvalue weighted by Crippen LogP contribution is 2.43. The molecule has 0 aliphatic rings. The van der Waals surface area contributed by atoms with E-state index in [9.17, 15) is 0 Å². The highest BCUT2D eigenvalue weighted by molar-refractivity contribution is 6.44. The van der Waals surface area contributed by atoms with Crippen LogP contribution < -0.4 is 19.1 Å². The molecule has 4 rings (SSSR count). The number of imidazole rings is 1. The highest BCUT2D eigenvalue weighted by atomic mass is 35.5. The van der Waals surface area contributed by atoms with Gasteiger partial charge in [-0.15, -0.1) is 23.2 Å². The number of halogens is 2. The number of hydrogen-bond acceptors (Lipinski definition) is 5. The Morgan fingerprint density at radius 2 is 1.51 bits per heavy atom. The van der Waals surface area contributed by atoms with E-state index in [1.165, 1.54) is 5.56 Å². The minimum atomic E-state index is -0.460. The number of nitrogens with zero attached hydrogens (tertiary/aromatic N) is 3. The van der Waals surface area contributed by atoms with Crippen molar-refractivity contribution in [1.82, 2.24) is 9.55 Å². The molecule has 0 amide bonds. The molecule has 0 unspecified atom stereocenters. The fourth-order valence-electron chi connectivity index (χ4n) is 4.43. The monoisotopic (exact) mass is 539 g/mol. The molecule has 3 aromatic carbocycles. The summed E-state index contributed by atoms with van der Waals surface area (Å²) in [6.45, 7) is 4.12. The third-order valence-corrected chi connectivity index (χ3v) is 6.49. The van der Waals surface area contributed by atoms with Gasteiger partial charge in [-0.25, -0.2) is 4.98 Å². The summed E-state index contributed by atoms with van der Waals surface area (Å²) in [5.74, 6) is 1.69. The van der Waals surface area contributed by atoms with E-state index in [4.69, 9.17) is 42.4 Å². The molecule has 0 fully saturated rings. The van der Waals surface area contributed by atoms with Gasteiger partial charge in [-0.2, -0.15) is 0 Å². The summed E-state index contributed by atoms with van der Waals surface area (Å²) in [4.78, 5) is 6.53. The fourth-order valence-corrected chi connectivity index (χ4v) is 4.76. The van der Waals surface area contributed by atoms with Crippen LogP contribution in [0.5, 0.6) is 17.2 Å². The lowest BCUT2D eigenvalue weighted by Crippen LogP contribution is -2.27. The zero-order valence-electron chi connectivity index (χ0n) is 21.4. The van der Waals surface area contributed by atoms with Gasteiger partial charge in [0.15, 0.2) is 11.5 Å². The van der Waals surface area contributed by atoms with E-state index in [2.05, 4.69) is 52.8 Å². The number of alkyl halides is 2. The molecule has 6 nitrogen and oxygen atoms in total. The van der Waals surface area contributed by atoms with Crippen molar-refractivity contribution in [3.8, 4) is 39.8 Å². The van der Waals surface area contributed by atoms with Crippen molar-refractivity contribution in [1.29, 1.82) is 0 Å². The summed E-state index contributed by atoms with van der Waals surface area (Å²) in [6.07, 6.45) is 1.87. The molecule has 0 bridgehead atoms. The second-order valence-corrected chi connectivity index (χ2v) is 9.72. The quantitative estimate of drug-likeness (QED) is 0.193. The minimum Gasteiger partial charge on any atom is -0.493 e. The Labute approximate surface area is 228 Å². The van der Waals surface area contributed by atoms with Crippen LogP contribution in [0.1, 0.15) is 12.5 Å². The van der Waals surface area contributed by atoms with Crippen LogP contribution in [0.25, 0.3) is 22.5 Å². The lowest BCUT2D eigenvalue weighted by Gasteiger charge is -2.24. The van der Waals surface area contributed by atoms with Gasteiger partial charge in [-0.05, 0) is 36.8 Å². The van der Waals surface area contributed by atoms with E-state index in [1.54, 1.807) is 21.3 Å². The third kappa shape index (κ3) is 5.97. The Hall–Kier alpha value is -3.35. The normalized spacial score (nSPS) is 11.0. The van der Waals surface area contributed by atoms with E-state index in [0.717, 1.165) is 34.7 Å². The summed E-state index contributed by atoms with van der Waals surface area (Å²) < 4.78 is 18.9. The third-order valence-electron chi connectivity index (χ3n) is 6.22. The molecule has 0 saturated heterocycles. The van der Waals surface area contributed by atoms with E-state index in [-0.39, 0.29) is 0 Å². The van der Waals surface area contributed by atoms with Gasteiger partial charge >= 0.3 is 0 Å². The van der Waals surface area contributed by atoms with Crippen molar-refractivity contribution in [3.63, 3.8) is 0 Å². The van der Waals surface area contributed by atoms with E-state index in [0.29, 0.717) is 30.3 Å². The second kappa shape index (κ2) is 12.3. The molecule has 0 N–H and O–H groups in total. The molecule has 8 heteroatoms. The average molecular weight is 540 g/mol. The molecule has 0 aliphatic carbocycles. The number of ether oxygens (including phenoxy) is 3. The van der Waals surface area contributed by atoms with Gasteiger partial charge in [-0.1, -0.05) is 42.5 Å². The Morgan fingerprint density at radius 3 is 2.05 bits per heavy atom. The molecule has 0 spiro atoms. The summed E-state index contributed by atoms with van der Waals surface area (Å²) in [5, 5.41) is 0. The maximum atomic E-state index is 6.05. The van der Waals surface area contributed by atoms with E-state index in [1.807, 2.05) is 36.7 Å². The number of benzene rings is 3. The summed E-state index contributed by atoms with van der Waals surface area (Å²) in [7, 11) is 4.82. The number of anilines is 1. The highest BCUT2D eigenvalue weighted by Gasteiger charge is 2.21. The summed E-state index contributed by atoms with van der Waals surface area (Å²) in [5.41, 5.74) is 5.94. The SMILES string of the molecule is CCN(CC(Cl)Cl)c1ccc(-c2c(-c3cc(OC)c(OC)c(OC)c3)ncn2Cc2ccccc2)cc1. The number of rotatable bonds is 11. The predicted molar refractivity (Wildman–Crippen MR) is 152 cm³/mol. The number of methoxy groups -OCH3 is 3. The zero-order chi connectivity index (χ0) is 26.4. The van der Waals surface area contributed by atoms with Crippen molar-refractivity contribution >= 4 is 28.9 Å². The maximum absolute atomic E-state index is 6.05. The van der Waals surface area contributed by atoms with Crippen molar-refractivity contribution in [2.75, 3.05) is 39.3 Å². The maximum Gasteiger partial charge on any atom is 0.203 e. The lowest BCUT2D eigenvalue weighted by atomic mass is 10.0. The van der Waals surface area contributed by atoms with Crippen molar-refractivity contribution in [2.45, 2.75) is 18.3 Å². The minimum absolute atomic E-state index is 0.460. The van der Waals surface area contributed by atoms with Crippen molar-refractivity contribution < 1.29 is 14.2 Å². The van der Waals surface area contributed by atoms with Gasteiger partial charge in [-0.3, -0.25) is 0 Å². The Kier molecular flexibility index (Phi) is 8.85. The number of hydrogen-bond donors (Lipinski definition) is 0. The van der Waals surface area contributed by atoms with Crippen LogP contribution in [-0.4, -0.2) is 48.8 Å². The van der Waals surface area contributed by atoms with Crippen LogP contribution in [0.15, 0.2) is 73.1 Å². The van der Waals surface area contributed by atoms with Crippen LogP contribution in [0, 0.1) is 0 Å². The van der Waals surface area contributed by atoms with Crippen LogP contribution >= 0.6 is 23.2 Å². The zero-order valence-corrected chi connectivity index (χ0v) is 23.0. The Bertz CT molecular complexity index is 1280. The van der Waals surface area contributed by atoms with Crippen molar-refractivity contribution in [3.05, 3.63) is 78.6 Å². The number of aromatic nitrogens is 2.